The zero-order valence-electron chi connectivity index (χ0n) is 16.4. The molecule has 1 amide bonds. The normalized spacial score (nSPS) is 10.9. The van der Waals surface area contributed by atoms with E-state index in [0.29, 0.717) is 27.8 Å². The van der Waals surface area contributed by atoms with Gasteiger partial charge in [0.15, 0.2) is 0 Å². The number of primary sulfonamides is 1. The van der Waals surface area contributed by atoms with E-state index in [-0.39, 0.29) is 17.2 Å². The van der Waals surface area contributed by atoms with Crippen LogP contribution in [0.1, 0.15) is 16.7 Å². The van der Waals surface area contributed by atoms with Crippen molar-refractivity contribution in [2.24, 2.45) is 5.14 Å². The molecule has 0 saturated carbocycles. The highest BCUT2D eigenvalue weighted by Crippen LogP contribution is 2.28. The molecule has 3 aromatic carbocycles. The van der Waals surface area contributed by atoms with Crippen LogP contribution in [0.25, 0.3) is 0 Å². The molecule has 0 aliphatic heterocycles. The van der Waals surface area contributed by atoms with Gasteiger partial charge < -0.3 is 10.1 Å². The van der Waals surface area contributed by atoms with Crippen LogP contribution in [0, 0.1) is 18.3 Å². The van der Waals surface area contributed by atoms with Crippen LogP contribution >= 0.6 is 11.6 Å². The van der Waals surface area contributed by atoms with Gasteiger partial charge in [0.25, 0.3) is 0 Å². The molecule has 3 rings (SSSR count). The molecule has 0 spiro atoms. The molecule has 3 N–H and O–H groups in total. The summed E-state index contributed by atoms with van der Waals surface area (Å²) in [6.45, 7) is 1.87. The minimum atomic E-state index is -3.79. The van der Waals surface area contributed by atoms with Crippen molar-refractivity contribution in [2.45, 2.75) is 18.2 Å². The van der Waals surface area contributed by atoms with E-state index in [2.05, 4.69) is 5.32 Å². The van der Waals surface area contributed by atoms with E-state index < -0.39 is 10.0 Å². The number of hydrogen-bond donors (Lipinski definition) is 2. The number of amides is 1. The van der Waals surface area contributed by atoms with E-state index in [1.807, 2.05) is 19.1 Å². The maximum absolute atomic E-state index is 12.4. The molecule has 0 aromatic heterocycles. The van der Waals surface area contributed by atoms with Crippen LogP contribution in [0.2, 0.25) is 5.02 Å². The topological polar surface area (TPSA) is 122 Å². The Labute approximate surface area is 185 Å². The summed E-state index contributed by atoms with van der Waals surface area (Å²) in [6.07, 6.45) is 0.0774. The number of benzene rings is 3. The number of aryl methyl sites for hydroxylation is 1. The molecule has 0 heterocycles. The molecule has 0 fully saturated rings. The molecule has 0 unspecified atom stereocenters. The molecule has 0 radical (unpaired) electrons. The first-order chi connectivity index (χ1) is 14.6. The number of hydrogen-bond acceptors (Lipinski definition) is 5. The maximum atomic E-state index is 12.4. The molecule has 0 aliphatic carbocycles. The van der Waals surface area contributed by atoms with Crippen molar-refractivity contribution in [2.75, 3.05) is 5.32 Å². The van der Waals surface area contributed by atoms with Crippen LogP contribution in [0.5, 0.6) is 11.5 Å². The van der Waals surface area contributed by atoms with Gasteiger partial charge in [-0.3, -0.25) is 4.79 Å². The number of nitrogens with two attached hydrogens (primary N) is 1. The summed E-state index contributed by atoms with van der Waals surface area (Å²) in [4.78, 5) is 12.4. The van der Waals surface area contributed by atoms with Crippen molar-refractivity contribution in [3.05, 3.63) is 82.4 Å². The maximum Gasteiger partial charge on any atom is 0.238 e. The molecule has 0 atom stereocenters. The third-order valence-electron chi connectivity index (χ3n) is 4.18. The van der Waals surface area contributed by atoms with E-state index in [9.17, 15) is 13.2 Å². The second kappa shape index (κ2) is 9.18. The number of sulfonamides is 1. The lowest BCUT2D eigenvalue weighted by Crippen LogP contribution is -2.15. The Bertz CT molecular complexity index is 1280. The smallest absolute Gasteiger partial charge is 0.238 e. The summed E-state index contributed by atoms with van der Waals surface area (Å²) in [5.41, 5.74) is 2.43. The molecular formula is C22H18ClN3O4S. The second-order valence-electron chi connectivity index (χ2n) is 6.84. The van der Waals surface area contributed by atoms with Gasteiger partial charge in [0.1, 0.15) is 11.5 Å². The Morgan fingerprint density at radius 3 is 2.42 bits per heavy atom. The third-order valence-corrected chi connectivity index (χ3v) is 5.33. The number of anilines is 1. The lowest BCUT2D eigenvalue weighted by atomic mass is 10.1. The summed E-state index contributed by atoms with van der Waals surface area (Å²) < 4.78 is 28.5. The number of nitriles is 1. The van der Waals surface area contributed by atoms with Crippen LogP contribution in [0.3, 0.4) is 0 Å². The van der Waals surface area contributed by atoms with Crippen molar-refractivity contribution in [3.63, 3.8) is 0 Å². The molecule has 0 bridgehead atoms. The molecule has 7 nitrogen and oxygen atoms in total. The number of rotatable bonds is 6. The van der Waals surface area contributed by atoms with Gasteiger partial charge in [-0.05, 0) is 72.6 Å². The average Bonchev–Trinajstić information content (AvgIpc) is 2.66. The molecule has 3 aromatic rings. The van der Waals surface area contributed by atoms with E-state index in [1.165, 1.54) is 30.3 Å². The van der Waals surface area contributed by atoms with Gasteiger partial charge in [-0.25, -0.2) is 13.6 Å². The first kappa shape index (κ1) is 22.3. The quantitative estimate of drug-likeness (QED) is 0.578. The fourth-order valence-corrected chi connectivity index (χ4v) is 3.67. The molecule has 9 heteroatoms. The van der Waals surface area contributed by atoms with Gasteiger partial charge in [-0.15, -0.1) is 0 Å². The van der Waals surface area contributed by atoms with Crippen LogP contribution in [-0.2, 0) is 21.2 Å². The lowest BCUT2D eigenvalue weighted by molar-refractivity contribution is -0.115. The summed E-state index contributed by atoms with van der Waals surface area (Å²) in [6, 6.07) is 17.7. The molecule has 158 valence electrons. The highest BCUT2D eigenvalue weighted by Gasteiger charge is 2.10. The lowest BCUT2D eigenvalue weighted by Gasteiger charge is -2.11. The molecular weight excluding hydrogens is 438 g/mol. The van der Waals surface area contributed by atoms with Gasteiger partial charge in [-0.1, -0.05) is 17.7 Å². The Balaban J connectivity index is 1.72. The summed E-state index contributed by atoms with van der Waals surface area (Å²) >= 11 is 6.01. The van der Waals surface area contributed by atoms with E-state index in [4.69, 9.17) is 26.7 Å². The number of nitrogens with one attached hydrogen (secondary N) is 1. The van der Waals surface area contributed by atoms with Crippen molar-refractivity contribution in [3.8, 4) is 17.6 Å². The van der Waals surface area contributed by atoms with Crippen LogP contribution in [0.4, 0.5) is 5.69 Å². The summed E-state index contributed by atoms with van der Waals surface area (Å²) in [5.74, 6) is 0.640. The monoisotopic (exact) mass is 455 g/mol. The van der Waals surface area contributed by atoms with E-state index >= 15 is 0 Å². The number of carbonyl (C=O) groups excluding carboxylic acids is 1. The highest BCUT2D eigenvalue weighted by molar-refractivity contribution is 7.89. The number of ether oxygens (including phenoxy) is 1. The average molecular weight is 456 g/mol. The van der Waals surface area contributed by atoms with Crippen LogP contribution in [-0.4, -0.2) is 14.3 Å². The van der Waals surface area contributed by atoms with Crippen molar-refractivity contribution in [1.82, 2.24) is 0 Å². The van der Waals surface area contributed by atoms with E-state index in [1.54, 1.807) is 24.3 Å². The van der Waals surface area contributed by atoms with Gasteiger partial charge in [-0.2, -0.15) is 5.26 Å². The Kier molecular flexibility index (Phi) is 6.61. The Morgan fingerprint density at radius 1 is 1.10 bits per heavy atom. The van der Waals surface area contributed by atoms with E-state index in [0.717, 1.165) is 11.1 Å². The second-order valence-corrected chi connectivity index (χ2v) is 8.84. The first-order valence-electron chi connectivity index (χ1n) is 9.04. The third kappa shape index (κ3) is 6.30. The van der Waals surface area contributed by atoms with Gasteiger partial charge in [0.05, 0.1) is 22.9 Å². The zero-order valence-corrected chi connectivity index (χ0v) is 18.0. The summed E-state index contributed by atoms with van der Waals surface area (Å²) in [7, 11) is -3.79. The van der Waals surface area contributed by atoms with Gasteiger partial charge >= 0.3 is 0 Å². The standard InChI is InChI=1S/C22H18ClN3O4S/c1-14-6-15(9-19(7-14)30-20-10-16(13-24)8-17(23)12-20)11-22(27)26-18-2-4-21(5-3-18)31(25,28)29/h2-10,12H,11H2,1H3,(H,26,27)(H2,25,28,29). The predicted octanol–water partition coefficient (Wildman–Crippen LogP) is 4.14. The zero-order chi connectivity index (χ0) is 22.6. The number of halogens is 1. The van der Waals surface area contributed by atoms with Gasteiger partial charge in [0.2, 0.25) is 15.9 Å². The van der Waals surface area contributed by atoms with Crippen LogP contribution in [0.15, 0.2) is 65.6 Å². The minimum Gasteiger partial charge on any atom is -0.457 e. The summed E-state index contributed by atoms with van der Waals surface area (Å²) in [5, 5.41) is 17.2. The first-order valence-corrected chi connectivity index (χ1v) is 11.0. The predicted molar refractivity (Wildman–Crippen MR) is 118 cm³/mol. The van der Waals surface area contributed by atoms with Crippen molar-refractivity contribution < 1.29 is 17.9 Å². The van der Waals surface area contributed by atoms with Crippen molar-refractivity contribution >= 4 is 33.2 Å². The number of carbonyl (C=O) groups is 1. The fourth-order valence-electron chi connectivity index (χ4n) is 2.93. The fraction of sp³-hybridized carbons (Fsp3) is 0.0909. The SMILES string of the molecule is Cc1cc(CC(=O)Nc2ccc(S(N)(=O)=O)cc2)cc(Oc2cc(Cl)cc(C#N)c2)c1. The highest BCUT2D eigenvalue weighted by atomic mass is 35.5. The Morgan fingerprint density at radius 2 is 1.77 bits per heavy atom. The number of nitrogens with zero attached hydrogens (tertiary/aromatic N) is 1. The minimum absolute atomic E-state index is 0.0356. The Hall–Kier alpha value is -3.38. The van der Waals surface area contributed by atoms with Crippen LogP contribution < -0.4 is 15.2 Å². The van der Waals surface area contributed by atoms with Gasteiger partial charge in [0, 0.05) is 10.7 Å². The largest absolute Gasteiger partial charge is 0.457 e. The molecule has 0 aliphatic rings. The molecule has 31 heavy (non-hydrogen) atoms. The van der Waals surface area contributed by atoms with Crippen molar-refractivity contribution in [1.29, 1.82) is 5.26 Å². The molecule has 0 saturated heterocycles.